The van der Waals surface area contributed by atoms with Crippen LogP contribution in [0.1, 0.15) is 22.4 Å². The minimum absolute atomic E-state index is 0.136. The van der Waals surface area contributed by atoms with E-state index in [2.05, 4.69) is 9.47 Å². The minimum Gasteiger partial charge on any atom is -0.467 e. The molecular formula is C10H12O7. The first-order chi connectivity index (χ1) is 8.01. The first-order valence-electron chi connectivity index (χ1n) is 4.63. The summed E-state index contributed by atoms with van der Waals surface area (Å²) in [6.07, 6.45) is -3.39. The first-order valence-corrected chi connectivity index (χ1v) is 4.63. The van der Waals surface area contributed by atoms with Gasteiger partial charge in [0.1, 0.15) is 11.9 Å². The molecule has 0 bridgehead atoms. The number of hydrogen-bond donors (Lipinski definition) is 2. The number of aliphatic hydroxyl groups excluding tert-OH is 2. The Bertz CT molecular complexity index is 409. The third-order valence-corrected chi connectivity index (χ3v) is 2.05. The van der Waals surface area contributed by atoms with Gasteiger partial charge in [0.15, 0.2) is 6.10 Å². The molecule has 0 saturated heterocycles. The van der Waals surface area contributed by atoms with Crippen LogP contribution in [-0.4, -0.2) is 42.5 Å². The number of carbonyl (C=O) groups is 2. The molecule has 0 aliphatic carbocycles. The molecule has 0 aromatic carbocycles. The maximum absolute atomic E-state index is 11.1. The molecule has 94 valence electrons. The third-order valence-electron chi connectivity index (χ3n) is 2.05. The van der Waals surface area contributed by atoms with Gasteiger partial charge in [0.05, 0.1) is 14.2 Å². The molecule has 7 heteroatoms. The van der Waals surface area contributed by atoms with Crippen LogP contribution in [0.15, 0.2) is 16.5 Å². The molecule has 0 aliphatic rings. The number of rotatable bonds is 4. The molecule has 1 aromatic heterocycles. The normalized spacial score (nSPS) is 13.9. The van der Waals surface area contributed by atoms with E-state index < -0.39 is 24.1 Å². The van der Waals surface area contributed by atoms with Gasteiger partial charge >= 0.3 is 11.9 Å². The molecule has 0 fully saturated rings. The molecule has 0 aliphatic heterocycles. The highest BCUT2D eigenvalue weighted by Crippen LogP contribution is 2.20. The minimum atomic E-state index is -1.78. The standard InChI is InChI=1S/C10H12O7/c1-15-9(13)6-4-3-5(17-6)7(11)8(12)10(14)16-2/h3-4,7-8,11-12H,1-2H3. The average Bonchev–Trinajstić information content (AvgIpc) is 2.84. The largest absolute Gasteiger partial charge is 0.467 e. The van der Waals surface area contributed by atoms with E-state index >= 15 is 0 Å². The van der Waals surface area contributed by atoms with Crippen LogP contribution in [0.4, 0.5) is 0 Å². The summed E-state index contributed by atoms with van der Waals surface area (Å²) < 4.78 is 13.6. The smallest absolute Gasteiger partial charge is 0.373 e. The van der Waals surface area contributed by atoms with Crippen molar-refractivity contribution in [3.63, 3.8) is 0 Å². The summed E-state index contributed by atoms with van der Waals surface area (Å²) in [5.41, 5.74) is 0. The fraction of sp³-hybridized carbons (Fsp3) is 0.400. The van der Waals surface area contributed by atoms with Crippen molar-refractivity contribution in [2.45, 2.75) is 12.2 Å². The van der Waals surface area contributed by atoms with Gasteiger partial charge in [0.2, 0.25) is 5.76 Å². The topological polar surface area (TPSA) is 106 Å². The van der Waals surface area contributed by atoms with E-state index in [0.717, 1.165) is 7.11 Å². The molecule has 0 amide bonds. The van der Waals surface area contributed by atoms with Gasteiger partial charge in [0.25, 0.3) is 0 Å². The van der Waals surface area contributed by atoms with Crippen LogP contribution in [0.25, 0.3) is 0 Å². The second kappa shape index (κ2) is 5.46. The Kier molecular flexibility index (Phi) is 4.24. The lowest BCUT2D eigenvalue weighted by Crippen LogP contribution is -2.28. The molecule has 0 spiro atoms. The lowest BCUT2D eigenvalue weighted by atomic mass is 10.1. The Morgan fingerprint density at radius 2 is 1.88 bits per heavy atom. The maximum Gasteiger partial charge on any atom is 0.373 e. The van der Waals surface area contributed by atoms with Crippen LogP contribution in [0.5, 0.6) is 0 Å². The van der Waals surface area contributed by atoms with Crippen LogP contribution in [0.3, 0.4) is 0 Å². The SMILES string of the molecule is COC(=O)c1ccc(C(O)C(O)C(=O)OC)o1. The number of aliphatic hydroxyl groups is 2. The van der Waals surface area contributed by atoms with E-state index in [9.17, 15) is 19.8 Å². The lowest BCUT2D eigenvalue weighted by molar-refractivity contribution is -0.157. The maximum atomic E-state index is 11.1. The summed E-state index contributed by atoms with van der Waals surface area (Å²) in [6, 6.07) is 2.51. The fourth-order valence-electron chi connectivity index (χ4n) is 1.13. The van der Waals surface area contributed by atoms with Crippen molar-refractivity contribution in [2.75, 3.05) is 14.2 Å². The second-order valence-electron chi connectivity index (χ2n) is 3.11. The van der Waals surface area contributed by atoms with Crippen LogP contribution in [-0.2, 0) is 14.3 Å². The highest BCUT2D eigenvalue weighted by atomic mass is 16.5. The molecule has 1 rings (SSSR count). The zero-order valence-electron chi connectivity index (χ0n) is 9.25. The Morgan fingerprint density at radius 3 is 2.41 bits per heavy atom. The van der Waals surface area contributed by atoms with Crippen molar-refractivity contribution >= 4 is 11.9 Å². The average molecular weight is 244 g/mol. The van der Waals surface area contributed by atoms with Gasteiger partial charge in [-0.15, -0.1) is 0 Å². The number of carbonyl (C=O) groups excluding carboxylic acids is 2. The predicted molar refractivity (Wildman–Crippen MR) is 53.0 cm³/mol. The van der Waals surface area contributed by atoms with Crippen LogP contribution < -0.4 is 0 Å². The Morgan fingerprint density at radius 1 is 1.24 bits per heavy atom. The van der Waals surface area contributed by atoms with Crippen molar-refractivity contribution in [3.8, 4) is 0 Å². The molecule has 2 unspecified atom stereocenters. The van der Waals surface area contributed by atoms with Crippen molar-refractivity contribution in [2.24, 2.45) is 0 Å². The highest BCUT2D eigenvalue weighted by Gasteiger charge is 2.29. The van der Waals surface area contributed by atoms with Crippen molar-refractivity contribution in [3.05, 3.63) is 23.7 Å². The zero-order chi connectivity index (χ0) is 13.0. The van der Waals surface area contributed by atoms with Gasteiger partial charge in [-0.3, -0.25) is 0 Å². The molecule has 2 N–H and O–H groups in total. The van der Waals surface area contributed by atoms with Crippen molar-refractivity contribution < 1.29 is 33.7 Å². The lowest BCUT2D eigenvalue weighted by Gasteiger charge is -2.12. The van der Waals surface area contributed by atoms with Gasteiger partial charge in [-0.25, -0.2) is 9.59 Å². The van der Waals surface area contributed by atoms with Crippen LogP contribution in [0.2, 0.25) is 0 Å². The summed E-state index contributed by atoms with van der Waals surface area (Å²) in [4.78, 5) is 22.0. The first kappa shape index (κ1) is 13.2. The summed E-state index contributed by atoms with van der Waals surface area (Å²) >= 11 is 0. The van der Waals surface area contributed by atoms with E-state index in [0.29, 0.717) is 0 Å². The third kappa shape index (κ3) is 2.83. The van der Waals surface area contributed by atoms with Crippen molar-refractivity contribution in [1.82, 2.24) is 0 Å². The number of ether oxygens (including phenoxy) is 2. The Balaban J connectivity index is 2.83. The molecule has 7 nitrogen and oxygen atoms in total. The van der Waals surface area contributed by atoms with Crippen LogP contribution in [0, 0.1) is 0 Å². The predicted octanol–water partition coefficient (Wildman–Crippen LogP) is -0.367. The summed E-state index contributed by atoms with van der Waals surface area (Å²) in [5.74, 6) is -2.01. The molecular weight excluding hydrogens is 232 g/mol. The van der Waals surface area contributed by atoms with Crippen LogP contribution >= 0.6 is 0 Å². The quantitative estimate of drug-likeness (QED) is 0.696. The Hall–Kier alpha value is -1.86. The van der Waals surface area contributed by atoms with E-state index in [1.54, 1.807) is 0 Å². The van der Waals surface area contributed by atoms with E-state index in [1.807, 2.05) is 0 Å². The highest BCUT2D eigenvalue weighted by molar-refractivity contribution is 5.86. The van der Waals surface area contributed by atoms with Gasteiger partial charge in [0, 0.05) is 0 Å². The Labute approximate surface area is 96.6 Å². The van der Waals surface area contributed by atoms with Gasteiger partial charge in [-0.2, -0.15) is 0 Å². The van der Waals surface area contributed by atoms with Crippen molar-refractivity contribution in [1.29, 1.82) is 0 Å². The second-order valence-corrected chi connectivity index (χ2v) is 3.11. The molecule has 0 radical (unpaired) electrons. The van der Waals surface area contributed by atoms with Gasteiger partial charge in [-0.1, -0.05) is 0 Å². The number of furan rings is 1. The monoisotopic (exact) mass is 244 g/mol. The molecule has 17 heavy (non-hydrogen) atoms. The van der Waals surface area contributed by atoms with E-state index in [1.165, 1.54) is 19.2 Å². The van der Waals surface area contributed by atoms with Gasteiger partial charge < -0.3 is 24.1 Å². The molecule has 2 atom stereocenters. The van der Waals surface area contributed by atoms with E-state index in [4.69, 9.17) is 4.42 Å². The van der Waals surface area contributed by atoms with E-state index in [-0.39, 0.29) is 11.5 Å². The summed E-state index contributed by atoms with van der Waals surface area (Å²) in [6.45, 7) is 0. The molecule has 1 heterocycles. The van der Waals surface area contributed by atoms with Gasteiger partial charge in [-0.05, 0) is 12.1 Å². The number of methoxy groups -OCH3 is 2. The zero-order valence-corrected chi connectivity index (χ0v) is 9.25. The number of hydrogen-bond acceptors (Lipinski definition) is 7. The molecule has 1 aromatic rings. The molecule has 0 saturated carbocycles. The summed E-state index contributed by atoms with van der Waals surface area (Å²) in [7, 11) is 2.24. The fourth-order valence-corrected chi connectivity index (χ4v) is 1.13. The number of esters is 2. The summed E-state index contributed by atoms with van der Waals surface area (Å²) in [5, 5.41) is 18.9.